The van der Waals surface area contributed by atoms with Crippen LogP contribution >= 0.6 is 0 Å². The maximum absolute atomic E-state index is 12.1. The minimum atomic E-state index is -0.451. The molecular weight excluding hydrogens is 280 g/mol. The van der Waals surface area contributed by atoms with Gasteiger partial charge in [0.05, 0.1) is 13.7 Å². The molecule has 22 heavy (non-hydrogen) atoms. The molecule has 5 nitrogen and oxygen atoms in total. The van der Waals surface area contributed by atoms with Gasteiger partial charge in [0.25, 0.3) is 0 Å². The third-order valence-electron chi connectivity index (χ3n) is 4.03. The summed E-state index contributed by atoms with van der Waals surface area (Å²) in [6.45, 7) is 5.02. The zero-order chi connectivity index (χ0) is 15.8. The van der Waals surface area contributed by atoms with E-state index in [4.69, 9.17) is 9.47 Å². The summed E-state index contributed by atoms with van der Waals surface area (Å²) in [4.78, 5) is 12.1. The number of benzene rings is 1. The fraction of sp³-hybridized carbons (Fsp3) is 0.588. The lowest BCUT2D eigenvalue weighted by molar-refractivity contribution is -0.132. The Bertz CT molecular complexity index is 473. The van der Waals surface area contributed by atoms with Crippen LogP contribution in [0.1, 0.15) is 25.3 Å². The minimum Gasteiger partial charge on any atom is -0.497 e. The Morgan fingerprint density at radius 1 is 1.41 bits per heavy atom. The van der Waals surface area contributed by atoms with Crippen molar-refractivity contribution in [2.75, 3.05) is 26.7 Å². The lowest BCUT2D eigenvalue weighted by Crippen LogP contribution is -2.40. The van der Waals surface area contributed by atoms with Crippen molar-refractivity contribution in [2.45, 2.75) is 32.5 Å². The molecule has 1 heterocycles. The Balaban J connectivity index is 1.71. The molecule has 2 rings (SSSR count). The molecule has 122 valence electrons. The van der Waals surface area contributed by atoms with Crippen molar-refractivity contribution in [2.24, 2.45) is 5.92 Å². The molecule has 1 aliphatic heterocycles. The second-order valence-electron chi connectivity index (χ2n) is 5.74. The monoisotopic (exact) mass is 306 g/mol. The number of methoxy groups -OCH3 is 1. The summed E-state index contributed by atoms with van der Waals surface area (Å²) in [5.41, 5.74) is 0.998. The highest BCUT2D eigenvalue weighted by Crippen LogP contribution is 2.14. The van der Waals surface area contributed by atoms with E-state index in [-0.39, 0.29) is 5.91 Å². The van der Waals surface area contributed by atoms with Crippen molar-refractivity contribution in [3.8, 4) is 5.75 Å². The number of hydrogen-bond acceptors (Lipinski definition) is 4. The molecule has 2 N–H and O–H groups in total. The molecule has 1 atom stereocenters. The van der Waals surface area contributed by atoms with Crippen LogP contribution in [0.15, 0.2) is 24.3 Å². The van der Waals surface area contributed by atoms with Gasteiger partial charge in [0.1, 0.15) is 11.9 Å². The van der Waals surface area contributed by atoms with E-state index in [1.807, 2.05) is 24.3 Å². The first-order valence-electron chi connectivity index (χ1n) is 7.92. The van der Waals surface area contributed by atoms with E-state index in [1.54, 1.807) is 14.0 Å². The van der Waals surface area contributed by atoms with Gasteiger partial charge in [-0.1, -0.05) is 12.1 Å². The first-order chi connectivity index (χ1) is 10.7. The highest BCUT2D eigenvalue weighted by Gasteiger charge is 2.17. The van der Waals surface area contributed by atoms with E-state index in [9.17, 15) is 4.79 Å². The van der Waals surface area contributed by atoms with Crippen LogP contribution < -0.4 is 15.4 Å². The minimum absolute atomic E-state index is 0.0403. The third kappa shape index (κ3) is 5.31. The van der Waals surface area contributed by atoms with Crippen molar-refractivity contribution >= 4 is 5.91 Å². The molecule has 1 amide bonds. The molecule has 0 spiro atoms. The Morgan fingerprint density at radius 2 is 2.18 bits per heavy atom. The number of carbonyl (C=O) groups excluding carboxylic acids is 1. The summed E-state index contributed by atoms with van der Waals surface area (Å²) < 4.78 is 10.8. The van der Waals surface area contributed by atoms with Crippen molar-refractivity contribution in [3.05, 3.63) is 29.8 Å². The number of ether oxygens (including phenoxy) is 2. The number of nitrogens with one attached hydrogen (secondary N) is 2. The predicted molar refractivity (Wildman–Crippen MR) is 85.8 cm³/mol. The molecular formula is C17H26N2O3. The Morgan fingerprint density at radius 3 is 2.91 bits per heavy atom. The van der Waals surface area contributed by atoms with Crippen LogP contribution in [-0.2, 0) is 16.1 Å². The molecule has 1 unspecified atom stereocenters. The number of rotatable bonds is 7. The lowest BCUT2D eigenvalue weighted by atomic mass is 9.98. The van der Waals surface area contributed by atoms with Gasteiger partial charge in [-0.15, -0.1) is 0 Å². The quantitative estimate of drug-likeness (QED) is 0.805. The number of amides is 1. The first kappa shape index (κ1) is 16.8. The second kappa shape index (κ2) is 8.76. The summed E-state index contributed by atoms with van der Waals surface area (Å²) >= 11 is 0. The predicted octanol–water partition coefficient (Wildman–Crippen LogP) is 1.72. The Hall–Kier alpha value is -1.59. The van der Waals surface area contributed by atoms with Crippen LogP contribution in [0.25, 0.3) is 0 Å². The molecule has 1 aromatic rings. The molecule has 0 aromatic heterocycles. The van der Waals surface area contributed by atoms with Crippen molar-refractivity contribution in [3.63, 3.8) is 0 Å². The van der Waals surface area contributed by atoms with Crippen molar-refractivity contribution < 1.29 is 14.3 Å². The second-order valence-corrected chi connectivity index (χ2v) is 5.74. The van der Waals surface area contributed by atoms with E-state index in [1.165, 1.54) is 0 Å². The van der Waals surface area contributed by atoms with Crippen LogP contribution in [0.5, 0.6) is 5.75 Å². The molecule has 0 aliphatic carbocycles. The summed E-state index contributed by atoms with van der Waals surface area (Å²) in [5, 5.41) is 6.32. The van der Waals surface area contributed by atoms with Gasteiger partial charge in [0.15, 0.2) is 0 Å². The molecule has 1 saturated heterocycles. The van der Waals surface area contributed by atoms with Gasteiger partial charge in [0, 0.05) is 6.54 Å². The topological polar surface area (TPSA) is 59.6 Å². The van der Waals surface area contributed by atoms with Crippen molar-refractivity contribution in [1.82, 2.24) is 10.6 Å². The van der Waals surface area contributed by atoms with E-state index in [0.29, 0.717) is 12.5 Å². The average molecular weight is 306 g/mol. The number of piperidine rings is 1. The van der Waals surface area contributed by atoms with Gasteiger partial charge in [-0.2, -0.15) is 0 Å². The summed E-state index contributed by atoms with van der Waals surface area (Å²) in [5.74, 6) is 1.33. The maximum atomic E-state index is 12.1. The van der Waals surface area contributed by atoms with E-state index in [0.717, 1.165) is 43.8 Å². The van der Waals surface area contributed by atoms with Crippen molar-refractivity contribution in [1.29, 1.82) is 0 Å². The summed E-state index contributed by atoms with van der Waals surface area (Å²) in [6.07, 6.45) is 1.80. The van der Waals surface area contributed by atoms with Gasteiger partial charge in [-0.3, -0.25) is 4.79 Å². The zero-order valence-corrected chi connectivity index (χ0v) is 13.4. The highest BCUT2D eigenvalue weighted by molar-refractivity contribution is 5.80. The zero-order valence-electron chi connectivity index (χ0n) is 13.4. The van der Waals surface area contributed by atoms with Gasteiger partial charge in [-0.25, -0.2) is 0 Å². The molecule has 0 saturated carbocycles. The molecule has 1 aliphatic rings. The molecule has 1 fully saturated rings. The van der Waals surface area contributed by atoms with Crippen LogP contribution in [0.3, 0.4) is 0 Å². The molecule has 1 aromatic carbocycles. The largest absolute Gasteiger partial charge is 0.497 e. The van der Waals surface area contributed by atoms with Crippen LogP contribution in [0, 0.1) is 5.92 Å². The van der Waals surface area contributed by atoms with Gasteiger partial charge in [-0.05, 0) is 56.5 Å². The van der Waals surface area contributed by atoms with Crippen LogP contribution in [-0.4, -0.2) is 38.8 Å². The van der Waals surface area contributed by atoms with Crippen LogP contribution in [0.2, 0.25) is 0 Å². The standard InChI is InChI=1S/C17H26N2O3/c1-13(17(20)19-11-14-6-8-18-9-7-14)22-12-15-4-3-5-16(10-15)21-2/h3-5,10,13-14,18H,6-9,11-12H2,1-2H3,(H,19,20). The Labute approximate surface area is 132 Å². The smallest absolute Gasteiger partial charge is 0.248 e. The number of hydrogen-bond donors (Lipinski definition) is 2. The highest BCUT2D eigenvalue weighted by atomic mass is 16.5. The Kier molecular flexibility index (Phi) is 6.68. The molecule has 5 heteroatoms. The third-order valence-corrected chi connectivity index (χ3v) is 4.03. The fourth-order valence-corrected chi connectivity index (χ4v) is 2.53. The van der Waals surface area contributed by atoms with Gasteiger partial charge >= 0.3 is 0 Å². The van der Waals surface area contributed by atoms with Crippen LogP contribution in [0.4, 0.5) is 0 Å². The molecule has 0 bridgehead atoms. The number of carbonyl (C=O) groups is 1. The maximum Gasteiger partial charge on any atom is 0.248 e. The first-order valence-corrected chi connectivity index (χ1v) is 7.92. The van der Waals surface area contributed by atoms with E-state index >= 15 is 0 Å². The normalized spacial score (nSPS) is 17.0. The summed E-state index contributed by atoms with van der Waals surface area (Å²) in [7, 11) is 1.64. The SMILES string of the molecule is COc1cccc(COC(C)C(=O)NCC2CCNCC2)c1. The lowest BCUT2D eigenvalue weighted by Gasteiger charge is -2.23. The van der Waals surface area contributed by atoms with Gasteiger partial charge in [0.2, 0.25) is 5.91 Å². The fourth-order valence-electron chi connectivity index (χ4n) is 2.53. The van der Waals surface area contributed by atoms with E-state index in [2.05, 4.69) is 10.6 Å². The molecule has 0 radical (unpaired) electrons. The van der Waals surface area contributed by atoms with E-state index < -0.39 is 6.10 Å². The summed E-state index contributed by atoms with van der Waals surface area (Å²) in [6, 6.07) is 7.68. The van der Waals surface area contributed by atoms with Gasteiger partial charge < -0.3 is 20.1 Å². The average Bonchev–Trinajstić information content (AvgIpc) is 2.58.